The molecule has 0 aliphatic carbocycles. The first kappa shape index (κ1) is 12.8. The van der Waals surface area contributed by atoms with Crippen molar-refractivity contribution in [3.63, 3.8) is 0 Å². The molecule has 0 atom stereocenters. The van der Waals surface area contributed by atoms with Crippen molar-refractivity contribution in [2.24, 2.45) is 0 Å². The van der Waals surface area contributed by atoms with Gasteiger partial charge in [-0.2, -0.15) is 0 Å². The van der Waals surface area contributed by atoms with Crippen molar-refractivity contribution in [1.29, 1.82) is 0 Å². The number of ether oxygens (including phenoxy) is 1. The number of piperidine rings is 1. The van der Waals surface area contributed by atoms with Crippen LogP contribution in [-0.4, -0.2) is 54.6 Å². The van der Waals surface area contributed by atoms with Crippen LogP contribution >= 0.6 is 0 Å². The van der Waals surface area contributed by atoms with Gasteiger partial charge >= 0.3 is 6.09 Å². The minimum atomic E-state index is -0.337. The monoisotopic (exact) mass is 227 g/mol. The molecule has 2 amide bonds. The molecule has 1 fully saturated rings. The van der Waals surface area contributed by atoms with E-state index in [4.69, 9.17) is 4.74 Å². The molecule has 1 heterocycles. The van der Waals surface area contributed by atoms with Crippen molar-refractivity contribution in [3.8, 4) is 0 Å². The molecule has 0 aromatic heterocycles. The number of nitrogens with zero attached hydrogens (tertiary/aromatic N) is 2. The first-order valence-corrected chi connectivity index (χ1v) is 5.51. The second kappa shape index (κ2) is 5.72. The first-order chi connectivity index (χ1) is 7.54. The third kappa shape index (κ3) is 3.40. The number of carbonyl (C=O) groups is 2. The van der Waals surface area contributed by atoms with E-state index in [1.165, 1.54) is 4.90 Å². The minimum absolute atomic E-state index is 0.0721. The molecule has 0 aromatic carbocycles. The molecule has 0 saturated carbocycles. The second-order valence-corrected chi connectivity index (χ2v) is 4.01. The van der Waals surface area contributed by atoms with E-state index < -0.39 is 0 Å². The van der Waals surface area contributed by atoms with Crippen LogP contribution in [0.5, 0.6) is 0 Å². The van der Waals surface area contributed by atoms with E-state index in [1.807, 2.05) is 0 Å². The molecule has 16 heavy (non-hydrogen) atoms. The van der Waals surface area contributed by atoms with Gasteiger partial charge in [0.2, 0.25) is 5.91 Å². The summed E-state index contributed by atoms with van der Waals surface area (Å²) in [7, 11) is 1.65. The zero-order chi connectivity index (χ0) is 12.1. The Morgan fingerprint density at radius 3 is 2.44 bits per heavy atom. The molecule has 0 spiro atoms. The van der Waals surface area contributed by atoms with Crippen molar-refractivity contribution in [2.75, 3.05) is 26.7 Å². The van der Waals surface area contributed by atoms with Gasteiger partial charge in [-0.3, -0.25) is 4.79 Å². The SMILES string of the molecule is [CH2]CN(C)C(=O)OC1CCN(C(C)=O)CC1. The first-order valence-electron chi connectivity index (χ1n) is 5.51. The van der Waals surface area contributed by atoms with Crippen LogP contribution in [0.15, 0.2) is 0 Å². The molecule has 1 radical (unpaired) electrons. The smallest absolute Gasteiger partial charge is 0.409 e. The number of hydrogen-bond donors (Lipinski definition) is 0. The lowest BCUT2D eigenvalue weighted by molar-refractivity contribution is -0.130. The number of carbonyl (C=O) groups excluding carboxylic acids is 2. The van der Waals surface area contributed by atoms with Crippen LogP contribution in [0.25, 0.3) is 0 Å². The Balaban J connectivity index is 2.32. The Morgan fingerprint density at radius 1 is 1.44 bits per heavy atom. The normalized spacial score (nSPS) is 17.1. The molecule has 0 unspecified atom stereocenters. The lowest BCUT2D eigenvalue weighted by atomic mass is 10.1. The number of rotatable bonds is 2. The lowest BCUT2D eigenvalue weighted by Gasteiger charge is -2.31. The lowest BCUT2D eigenvalue weighted by Crippen LogP contribution is -2.41. The predicted molar refractivity (Wildman–Crippen MR) is 59.7 cm³/mol. The minimum Gasteiger partial charge on any atom is -0.446 e. The Labute approximate surface area is 96.3 Å². The van der Waals surface area contributed by atoms with E-state index in [0.29, 0.717) is 19.6 Å². The Bertz CT molecular complexity index is 260. The zero-order valence-electron chi connectivity index (χ0n) is 9.94. The van der Waals surface area contributed by atoms with Crippen LogP contribution in [0, 0.1) is 6.92 Å². The quantitative estimate of drug-likeness (QED) is 0.704. The molecule has 5 heteroatoms. The van der Waals surface area contributed by atoms with Crippen molar-refractivity contribution < 1.29 is 14.3 Å². The summed E-state index contributed by atoms with van der Waals surface area (Å²) >= 11 is 0. The summed E-state index contributed by atoms with van der Waals surface area (Å²) in [6.07, 6.45) is 1.03. The van der Waals surface area contributed by atoms with E-state index in [9.17, 15) is 9.59 Å². The van der Waals surface area contributed by atoms with Gasteiger partial charge in [0.05, 0.1) is 0 Å². The maximum absolute atomic E-state index is 11.4. The van der Waals surface area contributed by atoms with E-state index in [1.54, 1.807) is 18.9 Å². The fraction of sp³-hybridized carbons (Fsp3) is 0.727. The molecule has 1 aliphatic rings. The van der Waals surface area contributed by atoms with Gasteiger partial charge in [0.25, 0.3) is 0 Å². The Kier molecular flexibility index (Phi) is 4.58. The zero-order valence-corrected chi connectivity index (χ0v) is 9.94. The van der Waals surface area contributed by atoms with Crippen LogP contribution in [0.1, 0.15) is 19.8 Å². The highest BCUT2D eigenvalue weighted by Gasteiger charge is 2.24. The van der Waals surface area contributed by atoms with Gasteiger partial charge in [-0.15, -0.1) is 0 Å². The van der Waals surface area contributed by atoms with Crippen LogP contribution < -0.4 is 0 Å². The third-order valence-corrected chi connectivity index (χ3v) is 2.80. The average Bonchev–Trinajstić information content (AvgIpc) is 2.28. The molecular weight excluding hydrogens is 208 g/mol. The molecule has 5 nitrogen and oxygen atoms in total. The number of hydrogen-bond acceptors (Lipinski definition) is 3. The van der Waals surface area contributed by atoms with Gasteiger partial charge in [-0.1, -0.05) is 0 Å². The summed E-state index contributed by atoms with van der Waals surface area (Å²) in [5, 5.41) is 0. The fourth-order valence-electron chi connectivity index (χ4n) is 1.61. The van der Waals surface area contributed by atoms with Gasteiger partial charge in [-0.05, 0) is 6.92 Å². The summed E-state index contributed by atoms with van der Waals surface area (Å²) in [6, 6.07) is 0. The van der Waals surface area contributed by atoms with Gasteiger partial charge in [-0.25, -0.2) is 4.79 Å². The van der Waals surface area contributed by atoms with Crippen molar-refractivity contribution in [2.45, 2.75) is 25.9 Å². The molecule has 1 saturated heterocycles. The molecule has 0 N–H and O–H groups in total. The van der Waals surface area contributed by atoms with Gasteiger partial charge in [0.15, 0.2) is 0 Å². The van der Waals surface area contributed by atoms with Crippen LogP contribution in [0.2, 0.25) is 0 Å². The molecule has 1 aliphatic heterocycles. The van der Waals surface area contributed by atoms with Crippen LogP contribution in [0.4, 0.5) is 4.79 Å². The largest absolute Gasteiger partial charge is 0.446 e. The molecule has 0 bridgehead atoms. The van der Waals surface area contributed by atoms with E-state index in [0.717, 1.165) is 12.8 Å². The maximum atomic E-state index is 11.4. The summed E-state index contributed by atoms with van der Waals surface area (Å²) in [4.78, 5) is 25.7. The molecular formula is C11H19N2O3. The van der Waals surface area contributed by atoms with E-state index in [-0.39, 0.29) is 18.1 Å². The Hall–Kier alpha value is -1.26. The second-order valence-electron chi connectivity index (χ2n) is 4.01. The van der Waals surface area contributed by atoms with Crippen molar-refractivity contribution in [3.05, 3.63) is 6.92 Å². The number of likely N-dealkylation sites (tertiary alicyclic amines) is 1. The van der Waals surface area contributed by atoms with E-state index in [2.05, 4.69) is 6.92 Å². The Morgan fingerprint density at radius 2 is 2.00 bits per heavy atom. The van der Waals surface area contributed by atoms with Gasteiger partial charge in [0.1, 0.15) is 6.10 Å². The summed E-state index contributed by atoms with van der Waals surface area (Å²) in [5.41, 5.74) is 0. The third-order valence-electron chi connectivity index (χ3n) is 2.80. The maximum Gasteiger partial charge on any atom is 0.409 e. The topological polar surface area (TPSA) is 49.9 Å². The van der Waals surface area contributed by atoms with Gasteiger partial charge < -0.3 is 14.5 Å². The molecule has 0 aromatic rings. The highest BCUT2D eigenvalue weighted by Crippen LogP contribution is 2.14. The standard InChI is InChI=1S/C11H19N2O3/c1-4-12(3)11(15)16-10-5-7-13(8-6-10)9(2)14/h10H,1,4-8H2,2-3H3. The summed E-state index contributed by atoms with van der Waals surface area (Å²) < 4.78 is 5.28. The summed E-state index contributed by atoms with van der Waals surface area (Å²) in [5.74, 6) is 0.0830. The van der Waals surface area contributed by atoms with Crippen LogP contribution in [-0.2, 0) is 9.53 Å². The van der Waals surface area contributed by atoms with Crippen molar-refractivity contribution >= 4 is 12.0 Å². The highest BCUT2D eigenvalue weighted by atomic mass is 16.6. The van der Waals surface area contributed by atoms with Crippen molar-refractivity contribution in [1.82, 2.24) is 9.80 Å². The highest BCUT2D eigenvalue weighted by molar-refractivity contribution is 5.73. The average molecular weight is 227 g/mol. The van der Waals surface area contributed by atoms with Gasteiger partial charge in [0, 0.05) is 46.4 Å². The van der Waals surface area contributed by atoms with E-state index >= 15 is 0 Å². The summed E-state index contributed by atoms with van der Waals surface area (Å²) in [6.45, 7) is 6.90. The molecule has 1 rings (SSSR count). The predicted octanol–water partition coefficient (Wildman–Crippen LogP) is 0.900. The number of amides is 2. The van der Waals surface area contributed by atoms with Crippen LogP contribution in [0.3, 0.4) is 0 Å². The fourth-order valence-corrected chi connectivity index (χ4v) is 1.61. The molecule has 91 valence electrons.